The Morgan fingerprint density at radius 1 is 0.727 bits per heavy atom. The van der Waals surface area contributed by atoms with Gasteiger partial charge in [0.15, 0.2) is 0 Å². The SMILES string of the molecule is CC(C)n1nc(-c2cn(C(c3ccccc3)(c3ccccc3)c3ccccc3)cn2)cc1Br. The van der Waals surface area contributed by atoms with Gasteiger partial charge in [-0.25, -0.2) is 4.98 Å². The Morgan fingerprint density at radius 2 is 1.21 bits per heavy atom. The molecule has 0 aliphatic heterocycles. The van der Waals surface area contributed by atoms with E-state index in [2.05, 4.69) is 132 Å². The highest BCUT2D eigenvalue weighted by molar-refractivity contribution is 9.10. The van der Waals surface area contributed by atoms with Crippen molar-refractivity contribution in [3.63, 3.8) is 0 Å². The minimum absolute atomic E-state index is 0.257. The van der Waals surface area contributed by atoms with Crippen molar-refractivity contribution in [1.82, 2.24) is 19.3 Å². The average Bonchev–Trinajstić information content (AvgIpc) is 3.49. The predicted octanol–water partition coefficient (Wildman–Crippen LogP) is 6.93. The monoisotopic (exact) mass is 496 g/mol. The molecule has 0 N–H and O–H groups in total. The second-order valence-corrected chi connectivity index (χ2v) is 9.18. The summed E-state index contributed by atoms with van der Waals surface area (Å²) in [5.74, 6) is 0. The highest BCUT2D eigenvalue weighted by Crippen LogP contribution is 2.41. The third-order valence-electron chi connectivity index (χ3n) is 5.99. The second kappa shape index (κ2) is 8.83. The summed E-state index contributed by atoms with van der Waals surface area (Å²) in [6, 6.07) is 34.1. The van der Waals surface area contributed by atoms with Gasteiger partial charge in [-0.3, -0.25) is 4.68 Å². The van der Waals surface area contributed by atoms with E-state index in [1.54, 1.807) is 0 Å². The molecule has 0 saturated carbocycles. The summed E-state index contributed by atoms with van der Waals surface area (Å²) in [5, 5.41) is 4.79. The molecule has 33 heavy (non-hydrogen) atoms. The first-order valence-corrected chi connectivity index (χ1v) is 11.9. The molecular formula is C28H25BrN4. The van der Waals surface area contributed by atoms with Crippen LogP contribution >= 0.6 is 15.9 Å². The quantitative estimate of drug-likeness (QED) is 0.239. The van der Waals surface area contributed by atoms with Crippen molar-refractivity contribution in [1.29, 1.82) is 0 Å². The standard InChI is InChI=1S/C28H25BrN4/c1-21(2)33-27(29)18-25(31-33)26-19-32(20-30-26)28(22-12-6-3-7-13-22,23-14-8-4-9-15-23)24-16-10-5-11-17-24/h3-21H,1-2H3. The summed E-state index contributed by atoms with van der Waals surface area (Å²) in [4.78, 5) is 4.81. The van der Waals surface area contributed by atoms with Crippen molar-refractivity contribution in [3.8, 4) is 11.4 Å². The predicted molar refractivity (Wildman–Crippen MR) is 136 cm³/mol. The normalized spacial score (nSPS) is 11.8. The highest BCUT2D eigenvalue weighted by atomic mass is 79.9. The lowest BCUT2D eigenvalue weighted by Crippen LogP contribution is -2.36. The van der Waals surface area contributed by atoms with Crippen LogP contribution in [0.2, 0.25) is 0 Å². The van der Waals surface area contributed by atoms with Gasteiger partial charge in [-0.05, 0) is 46.5 Å². The minimum atomic E-state index is -0.577. The van der Waals surface area contributed by atoms with Gasteiger partial charge in [0, 0.05) is 18.3 Å². The smallest absolute Gasteiger partial charge is 0.121 e. The van der Waals surface area contributed by atoms with E-state index in [1.807, 2.05) is 17.1 Å². The molecule has 5 heteroatoms. The summed E-state index contributed by atoms with van der Waals surface area (Å²) >= 11 is 3.64. The lowest BCUT2D eigenvalue weighted by atomic mass is 9.77. The minimum Gasteiger partial charge on any atom is -0.318 e. The second-order valence-electron chi connectivity index (χ2n) is 8.37. The van der Waals surface area contributed by atoms with E-state index in [-0.39, 0.29) is 6.04 Å². The van der Waals surface area contributed by atoms with Crippen molar-refractivity contribution in [3.05, 3.63) is 131 Å². The van der Waals surface area contributed by atoms with Gasteiger partial charge in [-0.1, -0.05) is 91.0 Å². The maximum atomic E-state index is 4.81. The summed E-state index contributed by atoms with van der Waals surface area (Å²) in [6.07, 6.45) is 4.02. The molecule has 4 nitrogen and oxygen atoms in total. The molecular weight excluding hydrogens is 472 g/mol. The van der Waals surface area contributed by atoms with E-state index >= 15 is 0 Å². The van der Waals surface area contributed by atoms with Gasteiger partial charge in [0.25, 0.3) is 0 Å². The lowest BCUT2D eigenvalue weighted by molar-refractivity contribution is 0.514. The van der Waals surface area contributed by atoms with E-state index in [9.17, 15) is 0 Å². The molecule has 2 heterocycles. The largest absolute Gasteiger partial charge is 0.318 e. The number of rotatable bonds is 6. The molecule has 5 rings (SSSR count). The lowest BCUT2D eigenvalue weighted by Gasteiger charge is -2.37. The number of benzene rings is 3. The third-order valence-corrected chi connectivity index (χ3v) is 6.58. The van der Waals surface area contributed by atoms with Crippen LogP contribution in [0, 0.1) is 0 Å². The van der Waals surface area contributed by atoms with Crippen LogP contribution in [0.1, 0.15) is 36.6 Å². The Balaban J connectivity index is 1.77. The molecule has 0 spiro atoms. The number of hydrogen-bond donors (Lipinski definition) is 0. The zero-order chi connectivity index (χ0) is 22.8. The fourth-order valence-electron chi connectivity index (χ4n) is 4.48. The van der Waals surface area contributed by atoms with E-state index < -0.39 is 5.54 Å². The zero-order valence-electron chi connectivity index (χ0n) is 18.6. The van der Waals surface area contributed by atoms with Gasteiger partial charge in [0.2, 0.25) is 0 Å². The van der Waals surface area contributed by atoms with Crippen LogP contribution < -0.4 is 0 Å². The Hall–Kier alpha value is -3.44. The van der Waals surface area contributed by atoms with Gasteiger partial charge in [-0.15, -0.1) is 0 Å². The highest BCUT2D eigenvalue weighted by Gasteiger charge is 2.38. The third kappa shape index (κ3) is 3.72. The van der Waals surface area contributed by atoms with Crippen LogP contribution in [0.25, 0.3) is 11.4 Å². The molecule has 0 fully saturated rings. The van der Waals surface area contributed by atoms with Crippen LogP contribution in [-0.4, -0.2) is 19.3 Å². The van der Waals surface area contributed by atoms with Crippen LogP contribution in [0.15, 0.2) is 114 Å². The van der Waals surface area contributed by atoms with Gasteiger partial charge in [0.05, 0.1) is 6.33 Å². The number of nitrogens with zero attached hydrogens (tertiary/aromatic N) is 4. The van der Waals surface area contributed by atoms with E-state index in [4.69, 9.17) is 10.1 Å². The van der Waals surface area contributed by atoms with Crippen LogP contribution in [-0.2, 0) is 5.54 Å². The zero-order valence-corrected chi connectivity index (χ0v) is 20.2. The molecule has 164 valence electrons. The Kier molecular flexibility index (Phi) is 5.73. The molecule has 0 aliphatic rings. The summed E-state index contributed by atoms with van der Waals surface area (Å²) in [7, 11) is 0. The maximum absolute atomic E-state index is 4.81. The van der Waals surface area contributed by atoms with Crippen LogP contribution in [0.5, 0.6) is 0 Å². The fraction of sp³-hybridized carbons (Fsp3) is 0.143. The molecule has 0 radical (unpaired) electrons. The molecule has 0 bridgehead atoms. The molecule has 0 unspecified atom stereocenters. The number of imidazole rings is 1. The van der Waals surface area contributed by atoms with E-state index in [0.29, 0.717) is 0 Å². The van der Waals surface area contributed by atoms with Gasteiger partial charge in [0.1, 0.15) is 21.5 Å². The first-order valence-electron chi connectivity index (χ1n) is 11.1. The van der Waals surface area contributed by atoms with Crippen molar-refractivity contribution in [2.24, 2.45) is 0 Å². The fourth-order valence-corrected chi connectivity index (χ4v) is 5.19. The Labute approximate surface area is 202 Å². The van der Waals surface area contributed by atoms with E-state index in [1.165, 1.54) is 16.7 Å². The van der Waals surface area contributed by atoms with Crippen molar-refractivity contribution < 1.29 is 0 Å². The summed E-state index contributed by atoms with van der Waals surface area (Å²) in [5.41, 5.74) is 4.60. The first kappa shape index (κ1) is 21.4. The maximum Gasteiger partial charge on any atom is 0.121 e. The number of aromatic nitrogens is 4. The Morgan fingerprint density at radius 3 is 1.64 bits per heavy atom. The summed E-state index contributed by atoms with van der Waals surface area (Å²) < 4.78 is 5.13. The number of halogens is 1. The molecule has 0 aliphatic carbocycles. The topological polar surface area (TPSA) is 35.6 Å². The van der Waals surface area contributed by atoms with Crippen molar-refractivity contribution in [2.45, 2.75) is 25.4 Å². The van der Waals surface area contributed by atoms with Crippen LogP contribution in [0.3, 0.4) is 0 Å². The molecule has 5 aromatic rings. The van der Waals surface area contributed by atoms with E-state index in [0.717, 1.165) is 16.0 Å². The Bertz CT molecular complexity index is 1240. The van der Waals surface area contributed by atoms with Crippen molar-refractivity contribution in [2.75, 3.05) is 0 Å². The molecule has 2 aromatic heterocycles. The van der Waals surface area contributed by atoms with Crippen LogP contribution in [0.4, 0.5) is 0 Å². The first-order chi connectivity index (χ1) is 16.1. The van der Waals surface area contributed by atoms with Crippen molar-refractivity contribution >= 4 is 15.9 Å². The van der Waals surface area contributed by atoms with Gasteiger partial charge in [-0.2, -0.15) is 5.10 Å². The van der Waals surface area contributed by atoms with Gasteiger partial charge >= 0.3 is 0 Å². The molecule has 0 saturated heterocycles. The molecule has 3 aromatic carbocycles. The average molecular weight is 497 g/mol. The number of hydrogen-bond acceptors (Lipinski definition) is 2. The molecule has 0 atom stereocenters. The van der Waals surface area contributed by atoms with Gasteiger partial charge < -0.3 is 4.57 Å². The molecule has 0 amide bonds. The summed E-state index contributed by atoms with van der Waals surface area (Å²) in [6.45, 7) is 4.23.